The molecule has 0 radical (unpaired) electrons. The molecule has 2 N–H and O–H groups in total. The lowest BCUT2D eigenvalue weighted by molar-refractivity contribution is 0.279. The van der Waals surface area contributed by atoms with Crippen LogP contribution in [0.1, 0.15) is 25.8 Å². The first-order chi connectivity index (χ1) is 6.72. The van der Waals surface area contributed by atoms with Crippen molar-refractivity contribution in [1.29, 1.82) is 0 Å². The lowest BCUT2D eigenvalue weighted by atomic mass is 10.1. The minimum absolute atomic E-state index is 0.531. The third-order valence-corrected chi connectivity index (χ3v) is 1.98. The smallest absolute Gasteiger partial charge is 0.213 e. The van der Waals surface area contributed by atoms with Crippen LogP contribution in [0.4, 0.5) is 0 Å². The molecule has 0 spiro atoms. The lowest BCUT2D eigenvalue weighted by Gasteiger charge is -2.07. The number of hydrogen-bond acceptors (Lipinski definition) is 3. The van der Waals surface area contributed by atoms with Gasteiger partial charge in [-0.15, -0.1) is 0 Å². The largest absolute Gasteiger partial charge is 0.478 e. The fraction of sp³-hybridized carbons (Fsp3) is 0.545. The highest BCUT2D eigenvalue weighted by molar-refractivity contribution is 5.19. The molecule has 1 aromatic heterocycles. The second-order valence-corrected chi connectivity index (χ2v) is 3.74. The normalized spacial score (nSPS) is 10.6. The van der Waals surface area contributed by atoms with Crippen molar-refractivity contribution < 1.29 is 4.74 Å². The number of nitrogens with two attached hydrogens (primary N) is 1. The average molecular weight is 194 g/mol. The van der Waals surface area contributed by atoms with Crippen molar-refractivity contribution in [1.82, 2.24) is 4.98 Å². The van der Waals surface area contributed by atoms with Gasteiger partial charge >= 0.3 is 0 Å². The molecule has 0 amide bonds. The van der Waals surface area contributed by atoms with E-state index in [1.165, 1.54) is 0 Å². The van der Waals surface area contributed by atoms with Crippen LogP contribution in [-0.2, 0) is 6.54 Å². The van der Waals surface area contributed by atoms with Gasteiger partial charge < -0.3 is 10.5 Å². The van der Waals surface area contributed by atoms with Crippen LogP contribution in [0.25, 0.3) is 0 Å². The molecule has 0 saturated heterocycles. The molecular formula is C11H18N2O. The molecule has 3 nitrogen and oxygen atoms in total. The van der Waals surface area contributed by atoms with E-state index in [1.54, 1.807) is 6.20 Å². The van der Waals surface area contributed by atoms with Crippen LogP contribution in [0, 0.1) is 5.92 Å². The number of hydrogen-bond donors (Lipinski definition) is 1. The fourth-order valence-electron chi connectivity index (χ4n) is 1.06. The quantitative estimate of drug-likeness (QED) is 0.779. The highest BCUT2D eigenvalue weighted by Gasteiger charge is 1.98. The predicted octanol–water partition coefficient (Wildman–Crippen LogP) is 1.97. The van der Waals surface area contributed by atoms with E-state index in [4.69, 9.17) is 10.5 Å². The Balaban J connectivity index is 2.42. The monoisotopic (exact) mass is 194 g/mol. The summed E-state index contributed by atoms with van der Waals surface area (Å²) in [4.78, 5) is 4.11. The van der Waals surface area contributed by atoms with Crippen molar-refractivity contribution in [3.63, 3.8) is 0 Å². The van der Waals surface area contributed by atoms with Crippen LogP contribution in [0.2, 0.25) is 0 Å². The first-order valence-electron chi connectivity index (χ1n) is 5.00. The summed E-state index contributed by atoms with van der Waals surface area (Å²) in [6.07, 6.45) is 2.78. The Bertz CT molecular complexity index is 274. The van der Waals surface area contributed by atoms with E-state index in [2.05, 4.69) is 18.8 Å². The van der Waals surface area contributed by atoms with Gasteiger partial charge in [-0.05, 0) is 24.0 Å². The second kappa shape index (κ2) is 5.60. The molecule has 0 unspecified atom stereocenters. The maximum absolute atomic E-state index is 5.51. The lowest BCUT2D eigenvalue weighted by Crippen LogP contribution is -2.04. The Hall–Kier alpha value is -1.09. The summed E-state index contributed by atoms with van der Waals surface area (Å²) < 4.78 is 5.49. The van der Waals surface area contributed by atoms with Gasteiger partial charge in [-0.3, -0.25) is 0 Å². The van der Waals surface area contributed by atoms with Crippen LogP contribution in [-0.4, -0.2) is 11.6 Å². The summed E-state index contributed by atoms with van der Waals surface area (Å²) in [5.41, 5.74) is 6.57. The van der Waals surface area contributed by atoms with Crippen molar-refractivity contribution in [2.75, 3.05) is 6.61 Å². The zero-order chi connectivity index (χ0) is 10.4. The first kappa shape index (κ1) is 11.0. The number of pyridine rings is 1. The van der Waals surface area contributed by atoms with Gasteiger partial charge in [0.1, 0.15) is 0 Å². The van der Waals surface area contributed by atoms with Gasteiger partial charge in [-0.25, -0.2) is 4.98 Å². The van der Waals surface area contributed by atoms with Gasteiger partial charge in [-0.1, -0.05) is 13.8 Å². The Morgan fingerprint density at radius 2 is 2.29 bits per heavy atom. The molecule has 0 fully saturated rings. The molecule has 3 heteroatoms. The highest BCUT2D eigenvalue weighted by Crippen LogP contribution is 2.10. The Morgan fingerprint density at radius 1 is 1.50 bits per heavy atom. The summed E-state index contributed by atoms with van der Waals surface area (Å²) in [6, 6.07) is 3.79. The van der Waals surface area contributed by atoms with Crippen molar-refractivity contribution in [2.45, 2.75) is 26.8 Å². The Morgan fingerprint density at radius 3 is 2.93 bits per heavy atom. The van der Waals surface area contributed by atoms with Gasteiger partial charge in [-0.2, -0.15) is 0 Å². The van der Waals surface area contributed by atoms with Gasteiger partial charge in [0.05, 0.1) is 6.61 Å². The molecule has 14 heavy (non-hydrogen) atoms. The molecule has 0 aliphatic rings. The molecule has 1 aromatic rings. The minimum Gasteiger partial charge on any atom is -0.478 e. The molecule has 1 rings (SSSR count). The summed E-state index contributed by atoms with van der Waals surface area (Å²) in [6.45, 7) is 5.60. The van der Waals surface area contributed by atoms with Gasteiger partial charge in [0.25, 0.3) is 0 Å². The predicted molar refractivity (Wildman–Crippen MR) is 57.1 cm³/mol. The van der Waals surface area contributed by atoms with E-state index in [0.717, 1.165) is 18.6 Å². The van der Waals surface area contributed by atoms with E-state index in [9.17, 15) is 0 Å². The first-order valence-corrected chi connectivity index (χ1v) is 5.00. The molecule has 1 heterocycles. The van der Waals surface area contributed by atoms with Crippen LogP contribution in [0.3, 0.4) is 0 Å². The number of rotatable bonds is 5. The SMILES string of the molecule is CC(C)CCOc1cc(CN)ccn1. The van der Waals surface area contributed by atoms with Crippen molar-refractivity contribution >= 4 is 0 Å². The third kappa shape index (κ3) is 3.75. The summed E-state index contributed by atoms with van der Waals surface area (Å²) in [5.74, 6) is 1.33. The molecule has 0 bridgehead atoms. The molecule has 0 aliphatic carbocycles. The second-order valence-electron chi connectivity index (χ2n) is 3.74. The Labute approximate surface area is 85.3 Å². The maximum atomic E-state index is 5.51. The van der Waals surface area contributed by atoms with Crippen LogP contribution >= 0.6 is 0 Å². The van der Waals surface area contributed by atoms with Crippen LogP contribution in [0.15, 0.2) is 18.3 Å². The summed E-state index contributed by atoms with van der Waals surface area (Å²) >= 11 is 0. The van der Waals surface area contributed by atoms with Crippen molar-refractivity contribution in [2.24, 2.45) is 11.7 Å². The maximum Gasteiger partial charge on any atom is 0.213 e. The zero-order valence-corrected chi connectivity index (χ0v) is 8.86. The zero-order valence-electron chi connectivity index (χ0n) is 8.86. The molecule has 0 aromatic carbocycles. The van der Waals surface area contributed by atoms with Gasteiger partial charge in [0.15, 0.2) is 0 Å². The highest BCUT2D eigenvalue weighted by atomic mass is 16.5. The molecule has 0 aliphatic heterocycles. The molecule has 0 saturated carbocycles. The minimum atomic E-state index is 0.531. The Kier molecular flexibility index (Phi) is 4.40. The molecular weight excluding hydrogens is 176 g/mol. The van der Waals surface area contributed by atoms with Gasteiger partial charge in [0.2, 0.25) is 5.88 Å². The van der Waals surface area contributed by atoms with Crippen LogP contribution in [0.5, 0.6) is 5.88 Å². The van der Waals surface area contributed by atoms with Crippen molar-refractivity contribution in [3.05, 3.63) is 23.9 Å². The van der Waals surface area contributed by atoms with E-state index < -0.39 is 0 Å². The standard InChI is InChI=1S/C11H18N2O/c1-9(2)4-6-14-11-7-10(8-12)3-5-13-11/h3,5,7,9H,4,6,8,12H2,1-2H3. The third-order valence-electron chi connectivity index (χ3n) is 1.98. The van der Waals surface area contributed by atoms with E-state index in [-0.39, 0.29) is 0 Å². The fourth-order valence-corrected chi connectivity index (χ4v) is 1.06. The average Bonchev–Trinajstić information content (AvgIpc) is 2.18. The van der Waals surface area contributed by atoms with Crippen molar-refractivity contribution in [3.8, 4) is 5.88 Å². The molecule has 78 valence electrons. The number of ether oxygens (including phenoxy) is 1. The van der Waals surface area contributed by atoms with Crippen LogP contribution < -0.4 is 10.5 Å². The van der Waals surface area contributed by atoms with E-state index in [0.29, 0.717) is 18.3 Å². The number of nitrogens with zero attached hydrogens (tertiary/aromatic N) is 1. The van der Waals surface area contributed by atoms with E-state index in [1.807, 2.05) is 12.1 Å². The number of aromatic nitrogens is 1. The van der Waals surface area contributed by atoms with Gasteiger partial charge in [0, 0.05) is 18.8 Å². The summed E-state index contributed by atoms with van der Waals surface area (Å²) in [5, 5.41) is 0. The molecule has 0 atom stereocenters. The summed E-state index contributed by atoms with van der Waals surface area (Å²) in [7, 11) is 0. The van der Waals surface area contributed by atoms with E-state index >= 15 is 0 Å². The topological polar surface area (TPSA) is 48.1 Å².